The van der Waals surface area contributed by atoms with Gasteiger partial charge in [-0.2, -0.15) is 0 Å². The Morgan fingerprint density at radius 2 is 1.35 bits per heavy atom. The van der Waals surface area contributed by atoms with Gasteiger partial charge in [-0.15, -0.1) is 0 Å². The van der Waals surface area contributed by atoms with Crippen LogP contribution in [0.25, 0.3) is 0 Å². The fourth-order valence-electron chi connectivity index (χ4n) is 3.66. The number of anilines is 2. The van der Waals surface area contributed by atoms with Crippen LogP contribution in [-0.2, 0) is 32.0 Å². The molecule has 0 bridgehead atoms. The van der Waals surface area contributed by atoms with E-state index in [1.165, 1.54) is 0 Å². The lowest BCUT2D eigenvalue weighted by Crippen LogP contribution is -2.22. The van der Waals surface area contributed by atoms with Crippen molar-refractivity contribution < 1.29 is 23.9 Å². The summed E-state index contributed by atoms with van der Waals surface area (Å²) in [5.74, 6) is 0.148. The van der Waals surface area contributed by atoms with E-state index in [-0.39, 0.29) is 31.3 Å². The van der Waals surface area contributed by atoms with Crippen LogP contribution in [0.1, 0.15) is 44.2 Å². The average molecular weight is 523 g/mol. The SMILES string of the molecule is CCc1cccc(CC)c1NC(=O)COC(=O)CCCC(=O)Nc1ccc(Oc2ccc(Cl)cc2)cc1. The maximum Gasteiger partial charge on any atom is 0.306 e. The number of para-hydroxylation sites is 1. The zero-order chi connectivity index (χ0) is 26.6. The second-order valence-electron chi connectivity index (χ2n) is 8.35. The van der Waals surface area contributed by atoms with Gasteiger partial charge in [0.05, 0.1) is 0 Å². The lowest BCUT2D eigenvalue weighted by molar-refractivity contribution is -0.147. The van der Waals surface area contributed by atoms with Gasteiger partial charge in [0.25, 0.3) is 5.91 Å². The molecule has 0 aromatic heterocycles. The van der Waals surface area contributed by atoms with E-state index < -0.39 is 5.97 Å². The summed E-state index contributed by atoms with van der Waals surface area (Å²) in [7, 11) is 0. The van der Waals surface area contributed by atoms with Crippen molar-refractivity contribution in [1.82, 2.24) is 0 Å². The molecule has 37 heavy (non-hydrogen) atoms. The summed E-state index contributed by atoms with van der Waals surface area (Å²) in [6, 6.07) is 19.9. The molecule has 7 nitrogen and oxygen atoms in total. The summed E-state index contributed by atoms with van der Waals surface area (Å²) >= 11 is 5.87. The van der Waals surface area contributed by atoms with Crippen molar-refractivity contribution in [2.24, 2.45) is 0 Å². The van der Waals surface area contributed by atoms with Crippen molar-refractivity contribution in [3.8, 4) is 11.5 Å². The molecule has 0 atom stereocenters. The third kappa shape index (κ3) is 8.95. The lowest BCUT2D eigenvalue weighted by atomic mass is 10.0. The van der Waals surface area contributed by atoms with Crippen LogP contribution in [0.2, 0.25) is 5.02 Å². The first kappa shape index (κ1) is 27.7. The zero-order valence-electron chi connectivity index (χ0n) is 21.0. The fourth-order valence-corrected chi connectivity index (χ4v) is 3.78. The smallest absolute Gasteiger partial charge is 0.306 e. The normalized spacial score (nSPS) is 10.5. The molecular weight excluding hydrogens is 492 g/mol. The number of aryl methyl sites for hydroxylation is 2. The molecule has 2 N–H and O–H groups in total. The first-order valence-corrected chi connectivity index (χ1v) is 12.6. The van der Waals surface area contributed by atoms with Crippen molar-refractivity contribution in [3.63, 3.8) is 0 Å². The molecular formula is C29H31ClN2O5. The topological polar surface area (TPSA) is 93.7 Å². The summed E-state index contributed by atoms with van der Waals surface area (Å²) in [5.41, 5.74) is 3.48. The van der Waals surface area contributed by atoms with E-state index in [0.717, 1.165) is 29.7 Å². The van der Waals surface area contributed by atoms with Crippen LogP contribution in [0.3, 0.4) is 0 Å². The molecule has 0 heterocycles. The predicted molar refractivity (Wildman–Crippen MR) is 145 cm³/mol. The van der Waals surface area contributed by atoms with Gasteiger partial charge in [-0.1, -0.05) is 43.6 Å². The Morgan fingerprint density at radius 1 is 0.757 bits per heavy atom. The Hall–Kier alpha value is -3.84. The molecule has 0 aliphatic carbocycles. The molecule has 194 valence electrons. The zero-order valence-corrected chi connectivity index (χ0v) is 21.8. The van der Waals surface area contributed by atoms with E-state index >= 15 is 0 Å². The molecule has 8 heteroatoms. The largest absolute Gasteiger partial charge is 0.457 e. The monoisotopic (exact) mass is 522 g/mol. The highest BCUT2D eigenvalue weighted by molar-refractivity contribution is 6.30. The van der Waals surface area contributed by atoms with Crippen LogP contribution in [0, 0.1) is 0 Å². The number of amides is 2. The van der Waals surface area contributed by atoms with Crippen LogP contribution in [0.4, 0.5) is 11.4 Å². The predicted octanol–water partition coefficient (Wildman–Crippen LogP) is 6.55. The molecule has 3 rings (SSSR count). The number of ether oxygens (including phenoxy) is 2. The lowest BCUT2D eigenvalue weighted by Gasteiger charge is -2.14. The van der Waals surface area contributed by atoms with Crippen LogP contribution in [0.5, 0.6) is 11.5 Å². The molecule has 0 aliphatic rings. The minimum Gasteiger partial charge on any atom is -0.457 e. The minimum atomic E-state index is -0.522. The van der Waals surface area contributed by atoms with E-state index in [4.69, 9.17) is 21.1 Å². The van der Waals surface area contributed by atoms with Gasteiger partial charge in [-0.3, -0.25) is 14.4 Å². The molecule has 0 unspecified atom stereocenters. The van der Waals surface area contributed by atoms with Crippen LogP contribution in [-0.4, -0.2) is 24.4 Å². The Kier molecular flexibility index (Phi) is 10.5. The van der Waals surface area contributed by atoms with E-state index in [9.17, 15) is 14.4 Å². The Balaban J connectivity index is 1.36. The number of benzene rings is 3. The highest BCUT2D eigenvalue weighted by atomic mass is 35.5. The Morgan fingerprint density at radius 3 is 1.95 bits per heavy atom. The average Bonchev–Trinajstić information content (AvgIpc) is 2.90. The third-order valence-corrected chi connectivity index (χ3v) is 5.85. The van der Waals surface area contributed by atoms with Gasteiger partial charge in [0.15, 0.2) is 6.61 Å². The number of hydrogen-bond donors (Lipinski definition) is 2. The van der Waals surface area contributed by atoms with Gasteiger partial charge < -0.3 is 20.1 Å². The van der Waals surface area contributed by atoms with Gasteiger partial charge in [-0.25, -0.2) is 0 Å². The van der Waals surface area contributed by atoms with Crippen molar-refractivity contribution in [2.75, 3.05) is 17.2 Å². The third-order valence-electron chi connectivity index (χ3n) is 5.60. The molecule has 0 spiro atoms. The van der Waals surface area contributed by atoms with Gasteiger partial charge >= 0.3 is 5.97 Å². The molecule has 0 aliphatic heterocycles. The summed E-state index contributed by atoms with van der Waals surface area (Å²) in [6.07, 6.45) is 2.07. The summed E-state index contributed by atoms with van der Waals surface area (Å²) < 4.78 is 10.8. The van der Waals surface area contributed by atoms with Crippen LogP contribution < -0.4 is 15.4 Å². The van der Waals surface area contributed by atoms with Crippen molar-refractivity contribution in [1.29, 1.82) is 0 Å². The first-order valence-electron chi connectivity index (χ1n) is 12.3. The number of nitrogens with one attached hydrogen (secondary N) is 2. The van der Waals surface area contributed by atoms with E-state index in [2.05, 4.69) is 10.6 Å². The fraction of sp³-hybridized carbons (Fsp3) is 0.276. The molecule has 0 saturated carbocycles. The van der Waals surface area contributed by atoms with Gasteiger partial charge in [0, 0.05) is 29.2 Å². The summed E-state index contributed by atoms with van der Waals surface area (Å²) in [4.78, 5) is 36.6. The molecule has 0 saturated heterocycles. The Labute approximate surface area is 222 Å². The van der Waals surface area contributed by atoms with Gasteiger partial charge in [0.1, 0.15) is 11.5 Å². The molecule has 2 amide bonds. The van der Waals surface area contributed by atoms with Crippen molar-refractivity contribution in [2.45, 2.75) is 46.0 Å². The standard InChI is InChI=1S/C29H31ClN2O5/c1-3-20-7-5-8-21(4-2)29(20)32-27(34)19-36-28(35)10-6-9-26(33)31-23-13-17-25(18-14-23)37-24-15-11-22(30)12-16-24/h5,7-8,11-18H,3-4,6,9-10,19H2,1-2H3,(H,31,33)(H,32,34). The molecule has 0 fully saturated rings. The van der Waals surface area contributed by atoms with E-state index in [1.54, 1.807) is 48.5 Å². The molecule has 0 radical (unpaired) electrons. The quantitative estimate of drug-likeness (QED) is 0.263. The minimum absolute atomic E-state index is 0.0420. The highest BCUT2D eigenvalue weighted by Gasteiger charge is 2.13. The van der Waals surface area contributed by atoms with Crippen molar-refractivity contribution >= 4 is 40.8 Å². The first-order chi connectivity index (χ1) is 17.9. The van der Waals surface area contributed by atoms with Crippen LogP contribution >= 0.6 is 11.6 Å². The summed E-state index contributed by atoms with van der Waals surface area (Å²) in [5, 5.41) is 6.28. The maximum atomic E-state index is 12.3. The van der Waals surface area contributed by atoms with Gasteiger partial charge in [-0.05, 0) is 78.9 Å². The Bertz CT molecular complexity index is 1190. The number of hydrogen-bond acceptors (Lipinski definition) is 5. The number of carbonyl (C=O) groups excluding carboxylic acids is 3. The molecule has 3 aromatic rings. The second kappa shape index (κ2) is 14.0. The number of carbonyl (C=O) groups is 3. The summed E-state index contributed by atoms with van der Waals surface area (Å²) in [6.45, 7) is 3.68. The maximum absolute atomic E-state index is 12.3. The number of esters is 1. The van der Waals surface area contributed by atoms with E-state index in [1.807, 2.05) is 32.0 Å². The van der Waals surface area contributed by atoms with Gasteiger partial charge in [0.2, 0.25) is 5.91 Å². The molecule has 3 aromatic carbocycles. The number of rotatable bonds is 12. The van der Waals surface area contributed by atoms with Crippen LogP contribution in [0.15, 0.2) is 66.7 Å². The van der Waals surface area contributed by atoms with E-state index in [0.29, 0.717) is 28.6 Å². The van der Waals surface area contributed by atoms with Crippen molar-refractivity contribution in [3.05, 3.63) is 82.9 Å². The highest BCUT2D eigenvalue weighted by Crippen LogP contribution is 2.25. The number of halogens is 1. The second-order valence-corrected chi connectivity index (χ2v) is 8.79.